The quantitative estimate of drug-likeness (QED) is 0.652. The van der Waals surface area contributed by atoms with Gasteiger partial charge in [0.2, 0.25) is 5.91 Å². The zero-order chi connectivity index (χ0) is 18.2. The first-order valence-corrected chi connectivity index (χ1v) is 8.51. The zero-order valence-electron chi connectivity index (χ0n) is 14.4. The number of benzene rings is 1. The van der Waals surface area contributed by atoms with Crippen LogP contribution in [0.3, 0.4) is 0 Å². The summed E-state index contributed by atoms with van der Waals surface area (Å²) >= 11 is 0. The van der Waals surface area contributed by atoms with Gasteiger partial charge in [-0.3, -0.25) is 14.8 Å². The molecule has 3 aromatic rings. The fourth-order valence-electron chi connectivity index (χ4n) is 2.75. The average Bonchev–Trinajstić information content (AvgIpc) is 2.68. The van der Waals surface area contributed by atoms with E-state index < -0.39 is 0 Å². The molecule has 2 aromatic heterocycles. The first-order valence-electron chi connectivity index (χ1n) is 8.51. The van der Waals surface area contributed by atoms with Crippen molar-refractivity contribution in [2.24, 2.45) is 0 Å². The van der Waals surface area contributed by atoms with Crippen LogP contribution in [0.15, 0.2) is 73.3 Å². The molecule has 0 atom stereocenters. The molecule has 3 rings (SSSR count). The van der Waals surface area contributed by atoms with E-state index in [-0.39, 0.29) is 18.1 Å². The third kappa shape index (κ3) is 4.96. The monoisotopic (exact) mass is 349 g/mol. The van der Waals surface area contributed by atoms with Crippen molar-refractivity contribution in [3.63, 3.8) is 0 Å². The number of hydrogen-bond donors (Lipinski definition) is 0. The van der Waals surface area contributed by atoms with Crippen LogP contribution in [0.4, 0.5) is 4.39 Å². The summed E-state index contributed by atoms with van der Waals surface area (Å²) in [7, 11) is 0. The minimum atomic E-state index is -0.270. The molecule has 0 bridgehead atoms. The standard InChI is InChI=1S/C21H20FN3O/c22-20-6-2-1-5-19(20)7-8-21(26)25(15-17-9-12-23-13-10-17)16-18-4-3-11-24-14-18/h1-6,9-14H,7-8,15-16H2. The molecule has 5 heteroatoms. The van der Waals surface area contributed by atoms with Crippen LogP contribution in [-0.4, -0.2) is 20.8 Å². The van der Waals surface area contributed by atoms with Gasteiger partial charge in [0, 0.05) is 44.3 Å². The van der Waals surface area contributed by atoms with Crippen molar-refractivity contribution in [3.8, 4) is 0 Å². The highest BCUT2D eigenvalue weighted by Crippen LogP contribution is 2.14. The molecule has 0 aliphatic carbocycles. The number of carbonyl (C=O) groups excluding carboxylic acids is 1. The Kier molecular flexibility index (Phi) is 6.04. The van der Waals surface area contributed by atoms with E-state index in [1.54, 1.807) is 47.9 Å². The van der Waals surface area contributed by atoms with Crippen molar-refractivity contribution in [3.05, 3.63) is 95.8 Å². The molecule has 0 aliphatic heterocycles. The lowest BCUT2D eigenvalue weighted by atomic mass is 10.1. The lowest BCUT2D eigenvalue weighted by molar-refractivity contribution is -0.132. The van der Waals surface area contributed by atoms with Crippen molar-refractivity contribution in [2.45, 2.75) is 25.9 Å². The molecule has 2 heterocycles. The third-order valence-corrected chi connectivity index (χ3v) is 4.14. The summed E-state index contributed by atoms with van der Waals surface area (Å²) in [6, 6.07) is 14.1. The highest BCUT2D eigenvalue weighted by Gasteiger charge is 2.15. The predicted octanol–water partition coefficient (Wildman–Crippen LogP) is 3.78. The number of aromatic nitrogens is 2. The molecule has 132 valence electrons. The molecule has 0 aliphatic rings. The van der Waals surface area contributed by atoms with Gasteiger partial charge in [0.1, 0.15) is 5.82 Å². The second-order valence-corrected chi connectivity index (χ2v) is 6.06. The van der Waals surface area contributed by atoms with E-state index in [0.717, 1.165) is 11.1 Å². The molecule has 0 fully saturated rings. The first-order chi connectivity index (χ1) is 12.7. The van der Waals surface area contributed by atoms with Gasteiger partial charge in [0.25, 0.3) is 0 Å². The molecule has 0 saturated carbocycles. The van der Waals surface area contributed by atoms with Crippen LogP contribution in [0.2, 0.25) is 0 Å². The Morgan fingerprint density at radius 1 is 0.885 bits per heavy atom. The number of carbonyl (C=O) groups is 1. The van der Waals surface area contributed by atoms with Crippen LogP contribution < -0.4 is 0 Å². The fourth-order valence-corrected chi connectivity index (χ4v) is 2.75. The minimum absolute atomic E-state index is 0.0195. The minimum Gasteiger partial charge on any atom is -0.334 e. The van der Waals surface area contributed by atoms with Crippen LogP contribution in [-0.2, 0) is 24.3 Å². The molecule has 26 heavy (non-hydrogen) atoms. The average molecular weight is 349 g/mol. The van der Waals surface area contributed by atoms with E-state index in [9.17, 15) is 9.18 Å². The van der Waals surface area contributed by atoms with Crippen molar-refractivity contribution in [1.82, 2.24) is 14.9 Å². The molecular formula is C21H20FN3O. The molecule has 0 radical (unpaired) electrons. The van der Waals surface area contributed by atoms with Gasteiger partial charge >= 0.3 is 0 Å². The van der Waals surface area contributed by atoms with E-state index in [0.29, 0.717) is 25.1 Å². The van der Waals surface area contributed by atoms with E-state index in [4.69, 9.17) is 0 Å². The summed E-state index contributed by atoms with van der Waals surface area (Å²) < 4.78 is 13.8. The molecule has 4 nitrogen and oxygen atoms in total. The van der Waals surface area contributed by atoms with E-state index in [2.05, 4.69) is 9.97 Å². The summed E-state index contributed by atoms with van der Waals surface area (Å²) in [5.41, 5.74) is 2.52. The molecule has 0 N–H and O–H groups in total. The normalized spacial score (nSPS) is 10.5. The molecule has 1 aromatic carbocycles. The summed E-state index contributed by atoms with van der Waals surface area (Å²) in [6.07, 6.45) is 7.51. The van der Waals surface area contributed by atoms with Crippen LogP contribution >= 0.6 is 0 Å². The van der Waals surface area contributed by atoms with Crippen molar-refractivity contribution < 1.29 is 9.18 Å². The van der Waals surface area contributed by atoms with Crippen LogP contribution in [0.5, 0.6) is 0 Å². The number of nitrogens with zero attached hydrogens (tertiary/aromatic N) is 3. The number of amides is 1. The SMILES string of the molecule is O=C(CCc1ccccc1F)N(Cc1ccncc1)Cc1cccnc1. The molecule has 0 unspecified atom stereocenters. The predicted molar refractivity (Wildman–Crippen MR) is 97.4 cm³/mol. The van der Waals surface area contributed by atoms with E-state index in [1.165, 1.54) is 6.07 Å². The lowest BCUT2D eigenvalue weighted by Gasteiger charge is -2.23. The van der Waals surface area contributed by atoms with Gasteiger partial charge in [-0.2, -0.15) is 0 Å². The molecule has 0 spiro atoms. The maximum atomic E-state index is 13.8. The van der Waals surface area contributed by atoms with Gasteiger partial charge in [-0.05, 0) is 47.4 Å². The van der Waals surface area contributed by atoms with Gasteiger partial charge in [0.05, 0.1) is 0 Å². The Morgan fingerprint density at radius 3 is 2.38 bits per heavy atom. The van der Waals surface area contributed by atoms with E-state index in [1.807, 2.05) is 24.3 Å². The summed E-state index contributed by atoms with van der Waals surface area (Å²) in [4.78, 5) is 22.7. The smallest absolute Gasteiger partial charge is 0.223 e. The topological polar surface area (TPSA) is 46.1 Å². The summed E-state index contributed by atoms with van der Waals surface area (Å²) in [5, 5.41) is 0. The highest BCUT2D eigenvalue weighted by atomic mass is 19.1. The lowest BCUT2D eigenvalue weighted by Crippen LogP contribution is -2.30. The van der Waals surface area contributed by atoms with Gasteiger partial charge < -0.3 is 4.90 Å². The Morgan fingerprint density at radius 2 is 1.65 bits per heavy atom. The third-order valence-electron chi connectivity index (χ3n) is 4.14. The van der Waals surface area contributed by atoms with Crippen molar-refractivity contribution in [2.75, 3.05) is 0 Å². The van der Waals surface area contributed by atoms with Crippen molar-refractivity contribution >= 4 is 5.91 Å². The second kappa shape index (κ2) is 8.85. The largest absolute Gasteiger partial charge is 0.334 e. The fraction of sp³-hybridized carbons (Fsp3) is 0.190. The van der Waals surface area contributed by atoms with Gasteiger partial charge in [-0.1, -0.05) is 24.3 Å². The van der Waals surface area contributed by atoms with Crippen LogP contribution in [0, 0.1) is 5.82 Å². The van der Waals surface area contributed by atoms with Gasteiger partial charge in [-0.15, -0.1) is 0 Å². The first kappa shape index (κ1) is 17.7. The number of halogens is 1. The van der Waals surface area contributed by atoms with Crippen LogP contribution in [0.1, 0.15) is 23.1 Å². The van der Waals surface area contributed by atoms with Gasteiger partial charge in [-0.25, -0.2) is 4.39 Å². The Hall–Kier alpha value is -3.08. The second-order valence-electron chi connectivity index (χ2n) is 6.06. The molecule has 1 amide bonds. The summed E-state index contributed by atoms with van der Waals surface area (Å²) in [5.74, 6) is -0.290. The summed E-state index contributed by atoms with van der Waals surface area (Å²) in [6.45, 7) is 0.944. The van der Waals surface area contributed by atoms with E-state index >= 15 is 0 Å². The Balaban J connectivity index is 1.71. The molecular weight excluding hydrogens is 329 g/mol. The zero-order valence-corrected chi connectivity index (χ0v) is 14.4. The maximum Gasteiger partial charge on any atom is 0.223 e. The maximum absolute atomic E-state index is 13.8. The number of pyridine rings is 2. The van der Waals surface area contributed by atoms with Crippen molar-refractivity contribution in [1.29, 1.82) is 0 Å². The molecule has 0 saturated heterocycles. The number of rotatable bonds is 7. The number of hydrogen-bond acceptors (Lipinski definition) is 3. The Labute approximate surface area is 152 Å². The van der Waals surface area contributed by atoms with Crippen LogP contribution in [0.25, 0.3) is 0 Å². The number of aryl methyl sites for hydroxylation is 1. The van der Waals surface area contributed by atoms with Gasteiger partial charge in [0.15, 0.2) is 0 Å². The highest BCUT2D eigenvalue weighted by molar-refractivity contribution is 5.76. The Bertz CT molecular complexity index is 799.